The minimum atomic E-state index is -0.0841. The largest absolute Gasteiger partial charge is 0.293 e. The van der Waals surface area contributed by atoms with Crippen LogP contribution in [0.25, 0.3) is 5.57 Å². The van der Waals surface area contributed by atoms with Crippen molar-refractivity contribution in [3.63, 3.8) is 0 Å². The number of nitrogens with zero attached hydrogens (tertiary/aromatic N) is 2. The van der Waals surface area contributed by atoms with E-state index in [4.69, 9.17) is 23.2 Å². The second-order valence-corrected chi connectivity index (χ2v) is 6.10. The van der Waals surface area contributed by atoms with Gasteiger partial charge in [0.1, 0.15) is 5.71 Å². The van der Waals surface area contributed by atoms with E-state index in [1.54, 1.807) is 24.4 Å². The molecule has 0 saturated carbocycles. The number of carbonyl (C=O) groups is 1. The average Bonchev–Trinajstić information content (AvgIpc) is 2.55. The Bertz CT molecular complexity index is 827. The van der Waals surface area contributed by atoms with Crippen molar-refractivity contribution in [2.24, 2.45) is 4.99 Å². The van der Waals surface area contributed by atoms with Gasteiger partial charge in [0, 0.05) is 24.1 Å². The summed E-state index contributed by atoms with van der Waals surface area (Å²) in [7, 11) is 0. The number of ketones is 1. The molecule has 0 saturated heterocycles. The fourth-order valence-electron chi connectivity index (χ4n) is 2.65. The van der Waals surface area contributed by atoms with Gasteiger partial charge in [0.05, 0.1) is 17.3 Å². The number of Topliss-reactive ketones (excluding diaryl/α,β-unsaturated/α-hetero) is 1. The molecule has 23 heavy (non-hydrogen) atoms. The van der Waals surface area contributed by atoms with Gasteiger partial charge >= 0.3 is 0 Å². The van der Waals surface area contributed by atoms with Crippen molar-refractivity contribution < 1.29 is 4.79 Å². The molecule has 5 heteroatoms. The Morgan fingerprint density at radius 1 is 1.13 bits per heavy atom. The molecule has 0 aliphatic carbocycles. The summed E-state index contributed by atoms with van der Waals surface area (Å²) < 4.78 is 0. The van der Waals surface area contributed by atoms with Crippen LogP contribution in [-0.2, 0) is 4.79 Å². The quantitative estimate of drug-likeness (QED) is 0.816. The minimum Gasteiger partial charge on any atom is -0.293 e. The van der Waals surface area contributed by atoms with Crippen LogP contribution in [0, 0.1) is 0 Å². The van der Waals surface area contributed by atoms with Crippen molar-refractivity contribution in [2.75, 3.05) is 6.54 Å². The van der Waals surface area contributed by atoms with E-state index >= 15 is 0 Å². The second kappa shape index (κ2) is 6.65. The fraction of sp³-hybridized carbons (Fsp3) is 0.167. The molecule has 2 heterocycles. The van der Waals surface area contributed by atoms with Crippen LogP contribution in [-0.4, -0.2) is 23.0 Å². The number of carbonyl (C=O) groups excluding carboxylic acids is 1. The van der Waals surface area contributed by atoms with Crippen LogP contribution < -0.4 is 0 Å². The van der Waals surface area contributed by atoms with E-state index in [-0.39, 0.29) is 11.7 Å². The highest BCUT2D eigenvalue weighted by molar-refractivity contribution is 6.45. The predicted molar refractivity (Wildman–Crippen MR) is 94.4 cm³/mol. The molecule has 0 bridgehead atoms. The SMILES string of the molecule is CC(=O)C1=NCC(c2ccccc2Cl)C(c2ncccc2Cl)=C1. The highest BCUT2D eigenvalue weighted by atomic mass is 35.5. The van der Waals surface area contributed by atoms with Crippen LogP contribution in [0.15, 0.2) is 53.7 Å². The first kappa shape index (κ1) is 15.9. The first-order chi connectivity index (χ1) is 11.1. The molecule has 0 N–H and O–H groups in total. The third-order valence-electron chi connectivity index (χ3n) is 3.79. The Morgan fingerprint density at radius 3 is 2.57 bits per heavy atom. The summed E-state index contributed by atoms with van der Waals surface area (Å²) >= 11 is 12.7. The summed E-state index contributed by atoms with van der Waals surface area (Å²) in [5.41, 5.74) is 2.91. The number of pyridine rings is 1. The van der Waals surface area contributed by atoms with Gasteiger partial charge in [-0.15, -0.1) is 0 Å². The summed E-state index contributed by atoms with van der Waals surface area (Å²) in [5.74, 6) is -0.161. The normalized spacial score (nSPS) is 17.4. The molecule has 0 radical (unpaired) electrons. The molecule has 1 unspecified atom stereocenters. The Morgan fingerprint density at radius 2 is 1.87 bits per heavy atom. The molecule has 1 aliphatic heterocycles. The first-order valence-corrected chi connectivity index (χ1v) is 7.96. The standard InChI is InChI=1S/C18H14Cl2N2O/c1-11(23)17-9-13(18-16(20)7-4-8-21-18)14(10-22-17)12-5-2-3-6-15(12)19/h2-9,14H,10H2,1H3. The monoisotopic (exact) mass is 344 g/mol. The predicted octanol–water partition coefficient (Wildman–Crippen LogP) is 4.60. The molecule has 1 aromatic heterocycles. The van der Waals surface area contributed by atoms with Crippen molar-refractivity contribution in [1.82, 2.24) is 4.98 Å². The van der Waals surface area contributed by atoms with E-state index < -0.39 is 0 Å². The second-order valence-electron chi connectivity index (χ2n) is 5.29. The number of rotatable bonds is 3. The maximum Gasteiger partial charge on any atom is 0.177 e. The van der Waals surface area contributed by atoms with E-state index in [0.717, 1.165) is 11.1 Å². The highest BCUT2D eigenvalue weighted by Crippen LogP contribution is 2.39. The van der Waals surface area contributed by atoms with Gasteiger partial charge in [-0.25, -0.2) is 0 Å². The number of hydrogen-bond donors (Lipinski definition) is 0. The lowest BCUT2D eigenvalue weighted by Gasteiger charge is -2.24. The number of halogens is 2. The van der Waals surface area contributed by atoms with E-state index in [2.05, 4.69) is 9.98 Å². The number of aliphatic imine (C=N–C) groups is 1. The molecule has 2 aromatic rings. The van der Waals surface area contributed by atoms with Gasteiger partial charge in [-0.2, -0.15) is 0 Å². The molecule has 0 amide bonds. The van der Waals surface area contributed by atoms with Crippen molar-refractivity contribution >= 4 is 40.3 Å². The zero-order chi connectivity index (χ0) is 16.4. The van der Waals surface area contributed by atoms with Crippen LogP contribution in [0.1, 0.15) is 24.1 Å². The van der Waals surface area contributed by atoms with E-state index in [1.807, 2.05) is 24.3 Å². The average molecular weight is 345 g/mol. The van der Waals surface area contributed by atoms with Crippen LogP contribution >= 0.6 is 23.2 Å². The molecule has 3 nitrogen and oxygen atoms in total. The van der Waals surface area contributed by atoms with Crippen LogP contribution in [0.5, 0.6) is 0 Å². The summed E-state index contributed by atoms with van der Waals surface area (Å²) in [4.78, 5) is 20.5. The van der Waals surface area contributed by atoms with Crippen molar-refractivity contribution in [3.05, 3.63) is 70.0 Å². The lowest BCUT2D eigenvalue weighted by Crippen LogP contribution is -2.19. The summed E-state index contributed by atoms with van der Waals surface area (Å²) in [6.07, 6.45) is 3.46. The minimum absolute atomic E-state index is 0.0767. The van der Waals surface area contributed by atoms with Crippen LogP contribution in [0.3, 0.4) is 0 Å². The number of hydrogen-bond acceptors (Lipinski definition) is 3. The maximum atomic E-state index is 11.7. The fourth-order valence-corrected chi connectivity index (χ4v) is 3.15. The van der Waals surface area contributed by atoms with Gasteiger partial charge in [0.2, 0.25) is 0 Å². The third kappa shape index (κ3) is 3.21. The van der Waals surface area contributed by atoms with Crippen LogP contribution in [0.2, 0.25) is 10.0 Å². The maximum absolute atomic E-state index is 11.7. The number of dihydropyridines is 1. The first-order valence-electron chi connectivity index (χ1n) is 7.20. The van der Waals surface area contributed by atoms with E-state index in [0.29, 0.717) is 28.0 Å². The highest BCUT2D eigenvalue weighted by Gasteiger charge is 2.27. The zero-order valence-corrected chi connectivity index (χ0v) is 14.0. The molecule has 0 spiro atoms. The molecule has 1 aliphatic rings. The van der Waals surface area contributed by atoms with Gasteiger partial charge < -0.3 is 0 Å². The van der Waals surface area contributed by atoms with Crippen molar-refractivity contribution in [2.45, 2.75) is 12.8 Å². The Kier molecular flexibility index (Phi) is 4.60. The topological polar surface area (TPSA) is 42.3 Å². The Balaban J connectivity index is 2.15. The lowest BCUT2D eigenvalue weighted by molar-refractivity contribution is -0.111. The van der Waals surface area contributed by atoms with Crippen molar-refractivity contribution in [3.8, 4) is 0 Å². The Hall–Kier alpha value is -1.97. The molecule has 3 rings (SSSR count). The molecule has 0 fully saturated rings. The smallest absolute Gasteiger partial charge is 0.177 e. The molecule has 1 atom stereocenters. The van der Waals surface area contributed by atoms with Gasteiger partial charge in [-0.3, -0.25) is 14.8 Å². The van der Waals surface area contributed by atoms with Gasteiger partial charge in [0.25, 0.3) is 0 Å². The van der Waals surface area contributed by atoms with Crippen molar-refractivity contribution in [1.29, 1.82) is 0 Å². The van der Waals surface area contributed by atoms with Crippen LogP contribution in [0.4, 0.5) is 0 Å². The van der Waals surface area contributed by atoms with E-state index in [9.17, 15) is 4.79 Å². The third-order valence-corrected chi connectivity index (χ3v) is 4.43. The van der Waals surface area contributed by atoms with Gasteiger partial charge in [0.15, 0.2) is 5.78 Å². The molecular weight excluding hydrogens is 331 g/mol. The summed E-state index contributed by atoms with van der Waals surface area (Å²) in [6, 6.07) is 11.2. The summed E-state index contributed by atoms with van der Waals surface area (Å²) in [5, 5.41) is 1.21. The van der Waals surface area contributed by atoms with E-state index in [1.165, 1.54) is 6.92 Å². The summed E-state index contributed by atoms with van der Waals surface area (Å²) in [6.45, 7) is 1.94. The lowest BCUT2D eigenvalue weighted by atomic mass is 9.85. The molecule has 1 aromatic carbocycles. The zero-order valence-electron chi connectivity index (χ0n) is 12.5. The molecular formula is C18H14Cl2N2O. The van der Waals surface area contributed by atoms with Gasteiger partial charge in [-0.1, -0.05) is 41.4 Å². The number of aromatic nitrogens is 1. The number of benzene rings is 1. The number of allylic oxidation sites excluding steroid dienone is 1. The molecule has 116 valence electrons. The van der Waals surface area contributed by atoms with Gasteiger partial charge in [-0.05, 0) is 35.4 Å². The Labute approximate surface area is 144 Å².